The lowest BCUT2D eigenvalue weighted by Gasteiger charge is -2.11. The molecule has 8 heteroatoms. The Morgan fingerprint density at radius 1 is 1.35 bits per heavy atom. The van der Waals surface area contributed by atoms with Crippen LogP contribution in [0.15, 0.2) is 24.3 Å². The number of aromatic amines is 1. The van der Waals surface area contributed by atoms with Crippen LogP contribution in [0.3, 0.4) is 0 Å². The highest BCUT2D eigenvalue weighted by atomic mass is 16.2. The molecular formula is C12H14N6O2. The number of benzene rings is 1. The zero-order valence-corrected chi connectivity index (χ0v) is 11.0. The van der Waals surface area contributed by atoms with Crippen molar-refractivity contribution in [1.29, 1.82) is 0 Å². The first kappa shape index (κ1) is 13.7. The van der Waals surface area contributed by atoms with Gasteiger partial charge in [-0.05, 0) is 26.0 Å². The first-order valence-corrected chi connectivity index (χ1v) is 5.98. The molecule has 0 fully saturated rings. The van der Waals surface area contributed by atoms with Crippen molar-refractivity contribution in [1.82, 2.24) is 25.9 Å². The number of ketones is 1. The van der Waals surface area contributed by atoms with Crippen LogP contribution >= 0.6 is 0 Å². The van der Waals surface area contributed by atoms with Crippen molar-refractivity contribution >= 4 is 17.5 Å². The second kappa shape index (κ2) is 5.91. The first-order chi connectivity index (χ1) is 9.56. The lowest BCUT2D eigenvalue weighted by atomic mass is 10.1. The lowest BCUT2D eigenvalue weighted by molar-refractivity contribution is 0.101. The van der Waals surface area contributed by atoms with Gasteiger partial charge < -0.3 is 10.6 Å². The van der Waals surface area contributed by atoms with E-state index < -0.39 is 6.03 Å². The Kier molecular flexibility index (Phi) is 4.04. The lowest BCUT2D eigenvalue weighted by Crippen LogP contribution is -2.31. The number of urea groups is 1. The molecular weight excluding hydrogens is 260 g/mol. The van der Waals surface area contributed by atoms with Crippen molar-refractivity contribution in [3.63, 3.8) is 0 Å². The van der Waals surface area contributed by atoms with Gasteiger partial charge in [-0.15, -0.1) is 10.2 Å². The first-order valence-electron chi connectivity index (χ1n) is 5.98. The average molecular weight is 274 g/mol. The smallest absolute Gasteiger partial charge is 0.319 e. The number of tetrazole rings is 1. The summed E-state index contributed by atoms with van der Waals surface area (Å²) in [6.45, 7) is 3.20. The van der Waals surface area contributed by atoms with Gasteiger partial charge in [0.1, 0.15) is 0 Å². The van der Waals surface area contributed by atoms with Crippen LogP contribution in [0.2, 0.25) is 0 Å². The molecule has 1 aromatic carbocycles. The van der Waals surface area contributed by atoms with Crippen molar-refractivity contribution in [2.45, 2.75) is 19.9 Å². The molecule has 0 bridgehead atoms. The van der Waals surface area contributed by atoms with Crippen LogP contribution in [0.25, 0.3) is 0 Å². The van der Waals surface area contributed by atoms with Gasteiger partial charge in [-0.2, -0.15) is 5.21 Å². The Hall–Kier alpha value is -2.77. The van der Waals surface area contributed by atoms with Crippen molar-refractivity contribution in [3.05, 3.63) is 35.7 Å². The van der Waals surface area contributed by atoms with Gasteiger partial charge in [0.2, 0.25) is 0 Å². The highest BCUT2D eigenvalue weighted by Gasteiger charge is 2.13. The Bertz CT molecular complexity index is 610. The standard InChI is InChI=1S/C12H14N6O2/c1-7(11-15-17-18-16-11)13-12(20)14-10-5-3-4-9(6-10)8(2)19/h3-7H,1-2H3,(H2,13,14,20)(H,15,16,17,18). The third-order valence-corrected chi connectivity index (χ3v) is 2.62. The predicted octanol–water partition coefficient (Wildman–Crippen LogP) is 1.28. The molecule has 2 aromatic rings. The molecule has 104 valence electrons. The molecule has 0 aliphatic rings. The summed E-state index contributed by atoms with van der Waals surface area (Å²) in [5.41, 5.74) is 1.07. The number of carbonyl (C=O) groups excluding carboxylic acids is 2. The molecule has 1 atom stereocenters. The van der Waals surface area contributed by atoms with Gasteiger partial charge in [0.25, 0.3) is 0 Å². The molecule has 2 rings (SSSR count). The van der Waals surface area contributed by atoms with Gasteiger partial charge >= 0.3 is 6.03 Å². The van der Waals surface area contributed by atoms with Gasteiger partial charge in [-0.1, -0.05) is 17.3 Å². The number of anilines is 1. The summed E-state index contributed by atoms with van der Waals surface area (Å²) in [6.07, 6.45) is 0. The number of amides is 2. The number of nitrogens with zero attached hydrogens (tertiary/aromatic N) is 3. The summed E-state index contributed by atoms with van der Waals surface area (Å²) in [5, 5.41) is 18.6. The van der Waals surface area contributed by atoms with Gasteiger partial charge in [0.15, 0.2) is 11.6 Å². The van der Waals surface area contributed by atoms with E-state index in [1.54, 1.807) is 31.2 Å². The molecule has 0 saturated heterocycles. The van der Waals surface area contributed by atoms with Crippen LogP contribution in [0, 0.1) is 0 Å². The zero-order valence-electron chi connectivity index (χ0n) is 11.0. The quantitative estimate of drug-likeness (QED) is 0.727. The van der Waals surface area contributed by atoms with Crippen LogP contribution < -0.4 is 10.6 Å². The van der Waals surface area contributed by atoms with E-state index in [2.05, 4.69) is 31.3 Å². The molecule has 0 saturated carbocycles. The minimum Gasteiger partial charge on any atom is -0.328 e. The second-order valence-corrected chi connectivity index (χ2v) is 4.23. The van der Waals surface area contributed by atoms with Gasteiger partial charge in [-0.3, -0.25) is 4.79 Å². The van der Waals surface area contributed by atoms with Crippen LogP contribution in [0.5, 0.6) is 0 Å². The zero-order chi connectivity index (χ0) is 14.5. The normalized spacial score (nSPS) is 11.7. The number of rotatable bonds is 4. The van der Waals surface area contributed by atoms with Crippen LogP contribution in [-0.2, 0) is 0 Å². The van der Waals surface area contributed by atoms with Crippen LogP contribution in [0.1, 0.15) is 36.1 Å². The number of hydrogen-bond acceptors (Lipinski definition) is 5. The van der Waals surface area contributed by atoms with E-state index in [0.29, 0.717) is 17.1 Å². The SMILES string of the molecule is CC(=O)c1cccc(NC(=O)NC(C)c2nn[nH]n2)c1. The van der Waals surface area contributed by atoms with E-state index in [1.165, 1.54) is 6.92 Å². The van der Waals surface area contributed by atoms with Crippen molar-refractivity contribution in [2.75, 3.05) is 5.32 Å². The van der Waals surface area contributed by atoms with E-state index >= 15 is 0 Å². The Morgan fingerprint density at radius 2 is 2.15 bits per heavy atom. The molecule has 1 heterocycles. The summed E-state index contributed by atoms with van der Waals surface area (Å²) in [5.74, 6) is 0.326. The maximum Gasteiger partial charge on any atom is 0.319 e. The third kappa shape index (κ3) is 3.37. The van der Waals surface area contributed by atoms with Crippen LogP contribution in [0.4, 0.5) is 10.5 Å². The number of carbonyl (C=O) groups is 2. The fourth-order valence-corrected chi connectivity index (χ4v) is 1.60. The largest absolute Gasteiger partial charge is 0.328 e. The number of nitrogens with one attached hydrogen (secondary N) is 3. The van der Waals surface area contributed by atoms with Crippen molar-refractivity contribution in [2.24, 2.45) is 0 Å². The molecule has 8 nitrogen and oxygen atoms in total. The summed E-state index contributed by atoms with van der Waals surface area (Å²) in [7, 11) is 0. The summed E-state index contributed by atoms with van der Waals surface area (Å²) < 4.78 is 0. The molecule has 20 heavy (non-hydrogen) atoms. The molecule has 3 N–H and O–H groups in total. The number of aromatic nitrogens is 4. The fourth-order valence-electron chi connectivity index (χ4n) is 1.60. The van der Waals surface area contributed by atoms with E-state index in [0.717, 1.165) is 0 Å². The Balaban J connectivity index is 1.98. The van der Waals surface area contributed by atoms with Crippen molar-refractivity contribution < 1.29 is 9.59 Å². The predicted molar refractivity (Wildman–Crippen MR) is 71.2 cm³/mol. The molecule has 1 unspecified atom stereocenters. The molecule has 1 aromatic heterocycles. The summed E-state index contributed by atoms with van der Waals surface area (Å²) in [4.78, 5) is 23.1. The molecule has 0 aliphatic carbocycles. The van der Waals surface area contributed by atoms with Crippen LogP contribution in [-0.4, -0.2) is 32.4 Å². The molecule has 0 radical (unpaired) electrons. The van der Waals surface area contributed by atoms with E-state index in [9.17, 15) is 9.59 Å². The minimum absolute atomic E-state index is 0.0609. The minimum atomic E-state index is -0.414. The van der Waals surface area contributed by atoms with E-state index in [4.69, 9.17) is 0 Å². The maximum absolute atomic E-state index is 11.8. The van der Waals surface area contributed by atoms with Gasteiger partial charge in [-0.25, -0.2) is 4.79 Å². The van der Waals surface area contributed by atoms with Crippen molar-refractivity contribution in [3.8, 4) is 0 Å². The summed E-state index contributed by atoms with van der Waals surface area (Å²) in [6, 6.07) is 5.90. The third-order valence-electron chi connectivity index (χ3n) is 2.62. The molecule has 0 aliphatic heterocycles. The highest BCUT2D eigenvalue weighted by molar-refractivity contribution is 5.96. The van der Waals surface area contributed by atoms with E-state index in [-0.39, 0.29) is 11.8 Å². The molecule has 0 spiro atoms. The Labute approximate surface area is 115 Å². The van der Waals surface area contributed by atoms with Gasteiger partial charge in [0.05, 0.1) is 6.04 Å². The highest BCUT2D eigenvalue weighted by Crippen LogP contribution is 2.11. The maximum atomic E-state index is 11.8. The van der Waals surface area contributed by atoms with Gasteiger partial charge in [0, 0.05) is 11.3 Å². The monoisotopic (exact) mass is 274 g/mol. The fraction of sp³-hybridized carbons (Fsp3) is 0.250. The number of Topliss-reactive ketones (excluding diaryl/α,β-unsaturated/α-hetero) is 1. The Morgan fingerprint density at radius 3 is 2.80 bits per heavy atom. The topological polar surface area (TPSA) is 113 Å². The average Bonchev–Trinajstić information content (AvgIpc) is 2.92. The van der Waals surface area contributed by atoms with E-state index in [1.807, 2.05) is 0 Å². The molecule has 2 amide bonds. The second-order valence-electron chi connectivity index (χ2n) is 4.23. The number of hydrogen-bond donors (Lipinski definition) is 3. The number of H-pyrrole nitrogens is 1. The summed E-state index contributed by atoms with van der Waals surface area (Å²) >= 11 is 0.